The smallest absolute Gasteiger partial charge is 0.257 e. The van der Waals surface area contributed by atoms with Gasteiger partial charge in [0, 0.05) is 5.69 Å². The lowest BCUT2D eigenvalue weighted by Crippen LogP contribution is -2.15. The number of rotatable bonds is 3. The standard InChI is InChI=1S/C14H12ClNO2/c15-12-8-4-5-10(9-17)13(12)14(18)16-11-6-2-1-3-7-11/h1-8,17H,9H2,(H,16,18). The second-order valence-corrected chi connectivity index (χ2v) is 4.16. The molecule has 4 heteroatoms. The molecule has 2 rings (SSSR count). The van der Waals surface area contributed by atoms with E-state index in [1.54, 1.807) is 30.3 Å². The Kier molecular flexibility index (Phi) is 3.97. The average Bonchev–Trinajstić information content (AvgIpc) is 2.39. The fraction of sp³-hybridized carbons (Fsp3) is 0.0714. The summed E-state index contributed by atoms with van der Waals surface area (Å²) < 4.78 is 0. The molecular formula is C14H12ClNO2. The Labute approximate surface area is 110 Å². The van der Waals surface area contributed by atoms with Crippen LogP contribution < -0.4 is 5.32 Å². The first-order chi connectivity index (χ1) is 8.72. The van der Waals surface area contributed by atoms with Crippen molar-refractivity contribution in [3.8, 4) is 0 Å². The summed E-state index contributed by atoms with van der Waals surface area (Å²) in [5.41, 5.74) is 1.51. The number of amides is 1. The van der Waals surface area contributed by atoms with E-state index in [0.717, 1.165) is 0 Å². The van der Waals surface area contributed by atoms with Gasteiger partial charge in [0.25, 0.3) is 5.91 Å². The van der Waals surface area contributed by atoms with Crippen LogP contribution in [0.5, 0.6) is 0 Å². The average molecular weight is 262 g/mol. The SMILES string of the molecule is O=C(Nc1ccccc1)c1c(Cl)cccc1CO. The van der Waals surface area contributed by atoms with Gasteiger partial charge < -0.3 is 10.4 Å². The van der Waals surface area contributed by atoms with Crippen LogP contribution in [0, 0.1) is 0 Å². The lowest BCUT2D eigenvalue weighted by Gasteiger charge is -2.10. The van der Waals surface area contributed by atoms with Crippen LogP contribution in [0.4, 0.5) is 5.69 Å². The van der Waals surface area contributed by atoms with E-state index in [1.807, 2.05) is 18.2 Å². The molecule has 0 saturated carbocycles. The molecule has 0 fully saturated rings. The molecule has 0 aromatic heterocycles. The number of carbonyl (C=O) groups is 1. The molecule has 0 aliphatic carbocycles. The van der Waals surface area contributed by atoms with Gasteiger partial charge in [0.15, 0.2) is 0 Å². The van der Waals surface area contributed by atoms with E-state index in [0.29, 0.717) is 21.8 Å². The normalized spacial score (nSPS) is 10.1. The summed E-state index contributed by atoms with van der Waals surface area (Å²) in [6, 6.07) is 14.1. The van der Waals surface area contributed by atoms with E-state index in [1.165, 1.54) is 0 Å². The zero-order valence-corrected chi connectivity index (χ0v) is 10.3. The van der Waals surface area contributed by atoms with Crippen molar-refractivity contribution < 1.29 is 9.90 Å². The molecule has 1 amide bonds. The first kappa shape index (κ1) is 12.6. The highest BCUT2D eigenvalue weighted by atomic mass is 35.5. The molecule has 2 aromatic rings. The second-order valence-electron chi connectivity index (χ2n) is 3.75. The Balaban J connectivity index is 2.29. The number of carbonyl (C=O) groups excluding carboxylic acids is 1. The summed E-state index contributed by atoms with van der Waals surface area (Å²) in [5, 5.41) is 12.3. The molecule has 0 saturated heterocycles. The van der Waals surface area contributed by atoms with Crippen molar-refractivity contribution >= 4 is 23.2 Å². The minimum atomic E-state index is -0.323. The number of para-hydroxylation sites is 1. The first-order valence-corrected chi connectivity index (χ1v) is 5.85. The number of anilines is 1. The van der Waals surface area contributed by atoms with Crippen molar-refractivity contribution in [1.29, 1.82) is 0 Å². The van der Waals surface area contributed by atoms with E-state index in [-0.39, 0.29) is 12.5 Å². The molecule has 2 N–H and O–H groups in total. The van der Waals surface area contributed by atoms with E-state index in [2.05, 4.69) is 5.32 Å². The predicted molar refractivity (Wildman–Crippen MR) is 71.8 cm³/mol. The second kappa shape index (κ2) is 5.67. The Hall–Kier alpha value is -1.84. The summed E-state index contributed by atoms with van der Waals surface area (Å²) in [6.45, 7) is -0.224. The van der Waals surface area contributed by atoms with Gasteiger partial charge in [-0.25, -0.2) is 0 Å². The van der Waals surface area contributed by atoms with Crippen LogP contribution >= 0.6 is 11.6 Å². The molecule has 92 valence electrons. The van der Waals surface area contributed by atoms with E-state index < -0.39 is 0 Å². The van der Waals surface area contributed by atoms with E-state index in [4.69, 9.17) is 11.6 Å². The van der Waals surface area contributed by atoms with Gasteiger partial charge in [0.1, 0.15) is 0 Å². The molecule has 0 aliphatic rings. The maximum absolute atomic E-state index is 12.1. The van der Waals surface area contributed by atoms with Crippen LogP contribution in [0.25, 0.3) is 0 Å². The number of hydrogen-bond donors (Lipinski definition) is 2. The maximum Gasteiger partial charge on any atom is 0.257 e. The minimum absolute atomic E-state index is 0.224. The number of aliphatic hydroxyl groups excluding tert-OH is 1. The van der Waals surface area contributed by atoms with Gasteiger partial charge in [-0.1, -0.05) is 41.9 Å². The monoisotopic (exact) mass is 261 g/mol. The molecule has 0 radical (unpaired) electrons. The van der Waals surface area contributed by atoms with Crippen molar-refractivity contribution in [2.75, 3.05) is 5.32 Å². The van der Waals surface area contributed by atoms with Crippen LogP contribution in [0.2, 0.25) is 5.02 Å². The summed E-state index contributed by atoms with van der Waals surface area (Å²) in [4.78, 5) is 12.1. The van der Waals surface area contributed by atoms with Gasteiger partial charge in [-0.2, -0.15) is 0 Å². The summed E-state index contributed by atoms with van der Waals surface area (Å²) >= 11 is 6.00. The van der Waals surface area contributed by atoms with Gasteiger partial charge in [-0.05, 0) is 23.8 Å². The summed E-state index contributed by atoms with van der Waals surface area (Å²) in [7, 11) is 0. The van der Waals surface area contributed by atoms with Gasteiger partial charge >= 0.3 is 0 Å². The third kappa shape index (κ3) is 2.70. The highest BCUT2D eigenvalue weighted by Crippen LogP contribution is 2.21. The Morgan fingerprint density at radius 1 is 1.11 bits per heavy atom. The van der Waals surface area contributed by atoms with Gasteiger partial charge in [-0.3, -0.25) is 4.79 Å². The Morgan fingerprint density at radius 2 is 1.83 bits per heavy atom. The van der Waals surface area contributed by atoms with Gasteiger partial charge in [0.05, 0.1) is 17.2 Å². The van der Waals surface area contributed by atoms with Gasteiger partial charge in [0.2, 0.25) is 0 Å². The Morgan fingerprint density at radius 3 is 2.50 bits per heavy atom. The van der Waals surface area contributed by atoms with Crippen LogP contribution in [-0.2, 0) is 6.61 Å². The predicted octanol–water partition coefficient (Wildman–Crippen LogP) is 3.08. The third-order valence-electron chi connectivity index (χ3n) is 2.53. The maximum atomic E-state index is 12.1. The number of halogens is 1. The lowest BCUT2D eigenvalue weighted by atomic mass is 10.1. The topological polar surface area (TPSA) is 49.3 Å². The molecule has 0 heterocycles. The largest absolute Gasteiger partial charge is 0.392 e. The van der Waals surface area contributed by atoms with E-state index in [9.17, 15) is 9.90 Å². The van der Waals surface area contributed by atoms with Crippen molar-refractivity contribution in [3.63, 3.8) is 0 Å². The molecule has 0 atom stereocenters. The van der Waals surface area contributed by atoms with Gasteiger partial charge in [-0.15, -0.1) is 0 Å². The first-order valence-electron chi connectivity index (χ1n) is 5.47. The minimum Gasteiger partial charge on any atom is -0.392 e. The van der Waals surface area contributed by atoms with Crippen molar-refractivity contribution in [1.82, 2.24) is 0 Å². The molecule has 3 nitrogen and oxygen atoms in total. The quantitative estimate of drug-likeness (QED) is 0.892. The van der Waals surface area contributed by atoms with Crippen LogP contribution in [0.3, 0.4) is 0 Å². The number of nitrogens with one attached hydrogen (secondary N) is 1. The van der Waals surface area contributed by atoms with Crippen molar-refractivity contribution in [2.45, 2.75) is 6.61 Å². The zero-order valence-electron chi connectivity index (χ0n) is 9.56. The van der Waals surface area contributed by atoms with Crippen molar-refractivity contribution in [2.24, 2.45) is 0 Å². The highest BCUT2D eigenvalue weighted by molar-refractivity contribution is 6.34. The fourth-order valence-electron chi connectivity index (χ4n) is 1.67. The third-order valence-corrected chi connectivity index (χ3v) is 2.84. The fourth-order valence-corrected chi connectivity index (χ4v) is 1.95. The number of aliphatic hydroxyl groups is 1. The Bertz CT molecular complexity index is 555. The van der Waals surface area contributed by atoms with Crippen LogP contribution in [0.1, 0.15) is 15.9 Å². The zero-order chi connectivity index (χ0) is 13.0. The highest BCUT2D eigenvalue weighted by Gasteiger charge is 2.14. The van der Waals surface area contributed by atoms with E-state index >= 15 is 0 Å². The summed E-state index contributed by atoms with van der Waals surface area (Å²) in [6.07, 6.45) is 0. The molecule has 0 unspecified atom stereocenters. The molecular weight excluding hydrogens is 250 g/mol. The lowest BCUT2D eigenvalue weighted by molar-refractivity contribution is 0.102. The van der Waals surface area contributed by atoms with Crippen LogP contribution in [-0.4, -0.2) is 11.0 Å². The molecule has 0 bridgehead atoms. The van der Waals surface area contributed by atoms with Crippen LogP contribution in [0.15, 0.2) is 48.5 Å². The van der Waals surface area contributed by atoms with Crippen molar-refractivity contribution in [3.05, 3.63) is 64.7 Å². The summed E-state index contributed by atoms with van der Waals surface area (Å²) in [5.74, 6) is -0.323. The number of benzene rings is 2. The molecule has 0 spiro atoms. The molecule has 0 aliphatic heterocycles. The molecule has 18 heavy (non-hydrogen) atoms. The molecule has 2 aromatic carbocycles. The number of hydrogen-bond acceptors (Lipinski definition) is 2.